The standard InChI is InChI=1S/C14H21N3O3/c1-3-6-11(9-15)14(18)16(2)10-12-7-4-5-8-13(12)17(19)20/h4-5,7-8,11H,3,6,9-10,15H2,1-2H3. The Bertz CT molecular complexity index is 476. The summed E-state index contributed by atoms with van der Waals surface area (Å²) in [5.74, 6) is -0.278. The summed E-state index contributed by atoms with van der Waals surface area (Å²) in [7, 11) is 1.65. The van der Waals surface area contributed by atoms with Crippen molar-refractivity contribution in [1.82, 2.24) is 4.90 Å². The van der Waals surface area contributed by atoms with Crippen LogP contribution in [0.25, 0.3) is 0 Å². The summed E-state index contributed by atoms with van der Waals surface area (Å²) in [6, 6.07) is 6.45. The summed E-state index contributed by atoms with van der Waals surface area (Å²) in [6.45, 7) is 2.52. The zero-order valence-corrected chi connectivity index (χ0v) is 11.9. The lowest BCUT2D eigenvalue weighted by Gasteiger charge is -2.22. The van der Waals surface area contributed by atoms with Crippen molar-refractivity contribution in [2.24, 2.45) is 11.7 Å². The Morgan fingerprint density at radius 3 is 2.65 bits per heavy atom. The second-order valence-electron chi connectivity index (χ2n) is 4.80. The summed E-state index contributed by atoms with van der Waals surface area (Å²) >= 11 is 0. The third-order valence-electron chi connectivity index (χ3n) is 3.24. The third-order valence-corrected chi connectivity index (χ3v) is 3.24. The van der Waals surface area contributed by atoms with Gasteiger partial charge in [0.1, 0.15) is 0 Å². The highest BCUT2D eigenvalue weighted by atomic mass is 16.6. The predicted molar refractivity (Wildman–Crippen MR) is 77.0 cm³/mol. The first-order valence-corrected chi connectivity index (χ1v) is 6.68. The fourth-order valence-corrected chi connectivity index (χ4v) is 2.16. The Morgan fingerprint density at radius 2 is 2.10 bits per heavy atom. The van der Waals surface area contributed by atoms with Crippen LogP contribution in [0.5, 0.6) is 0 Å². The number of carbonyl (C=O) groups excluding carboxylic acids is 1. The number of nitro benzene ring substituents is 1. The molecule has 0 fully saturated rings. The molecule has 0 spiro atoms. The van der Waals surface area contributed by atoms with Crippen LogP contribution in [0, 0.1) is 16.0 Å². The van der Waals surface area contributed by atoms with E-state index in [0.717, 1.165) is 12.8 Å². The number of para-hydroxylation sites is 1. The molecule has 1 aromatic rings. The monoisotopic (exact) mass is 279 g/mol. The molecule has 0 saturated heterocycles. The number of nitro groups is 1. The summed E-state index contributed by atoms with van der Waals surface area (Å²) in [4.78, 5) is 24.3. The molecule has 0 heterocycles. The van der Waals surface area contributed by atoms with Gasteiger partial charge < -0.3 is 10.6 Å². The topological polar surface area (TPSA) is 89.5 Å². The van der Waals surface area contributed by atoms with Crippen molar-refractivity contribution in [3.63, 3.8) is 0 Å². The molecule has 0 aliphatic rings. The van der Waals surface area contributed by atoms with Gasteiger partial charge >= 0.3 is 0 Å². The molecular formula is C14H21N3O3. The first-order valence-electron chi connectivity index (χ1n) is 6.68. The molecule has 1 unspecified atom stereocenters. The summed E-state index contributed by atoms with van der Waals surface area (Å²) in [5, 5.41) is 10.9. The Kier molecular flexibility index (Phi) is 6.11. The average molecular weight is 279 g/mol. The lowest BCUT2D eigenvalue weighted by Crippen LogP contribution is -2.36. The molecule has 1 aromatic carbocycles. The first kappa shape index (κ1) is 16.1. The van der Waals surface area contributed by atoms with Crippen molar-refractivity contribution in [3.8, 4) is 0 Å². The van der Waals surface area contributed by atoms with E-state index in [4.69, 9.17) is 5.73 Å². The number of nitrogens with two attached hydrogens (primary N) is 1. The van der Waals surface area contributed by atoms with Gasteiger partial charge in [-0.15, -0.1) is 0 Å². The molecule has 1 atom stereocenters. The molecule has 20 heavy (non-hydrogen) atoms. The van der Waals surface area contributed by atoms with E-state index in [1.807, 2.05) is 6.92 Å². The van der Waals surface area contributed by atoms with Gasteiger partial charge in [0.15, 0.2) is 0 Å². The van der Waals surface area contributed by atoms with E-state index in [1.54, 1.807) is 25.2 Å². The van der Waals surface area contributed by atoms with Gasteiger partial charge in [0.2, 0.25) is 5.91 Å². The summed E-state index contributed by atoms with van der Waals surface area (Å²) in [6.07, 6.45) is 1.61. The molecule has 0 aliphatic carbocycles. The van der Waals surface area contributed by atoms with E-state index in [9.17, 15) is 14.9 Å². The van der Waals surface area contributed by atoms with Crippen molar-refractivity contribution >= 4 is 11.6 Å². The fraction of sp³-hybridized carbons (Fsp3) is 0.500. The second kappa shape index (κ2) is 7.59. The lowest BCUT2D eigenvalue weighted by atomic mass is 10.0. The van der Waals surface area contributed by atoms with Gasteiger partial charge in [0.05, 0.1) is 17.4 Å². The number of hydrogen-bond acceptors (Lipinski definition) is 4. The van der Waals surface area contributed by atoms with Gasteiger partial charge in [-0.3, -0.25) is 14.9 Å². The number of rotatable bonds is 7. The van der Waals surface area contributed by atoms with Crippen LogP contribution in [-0.2, 0) is 11.3 Å². The molecule has 6 nitrogen and oxygen atoms in total. The molecule has 0 aromatic heterocycles. The predicted octanol–water partition coefficient (Wildman–Crippen LogP) is 1.93. The average Bonchev–Trinajstić information content (AvgIpc) is 2.44. The largest absolute Gasteiger partial charge is 0.341 e. The number of amides is 1. The molecule has 110 valence electrons. The Labute approximate surface area is 118 Å². The van der Waals surface area contributed by atoms with E-state index < -0.39 is 4.92 Å². The zero-order valence-electron chi connectivity index (χ0n) is 11.9. The van der Waals surface area contributed by atoms with Crippen molar-refractivity contribution in [2.75, 3.05) is 13.6 Å². The van der Waals surface area contributed by atoms with E-state index >= 15 is 0 Å². The van der Waals surface area contributed by atoms with Crippen molar-refractivity contribution in [2.45, 2.75) is 26.3 Å². The Hall–Kier alpha value is -1.95. The van der Waals surface area contributed by atoms with E-state index in [2.05, 4.69) is 0 Å². The smallest absolute Gasteiger partial charge is 0.274 e. The molecule has 0 saturated carbocycles. The normalized spacial score (nSPS) is 11.9. The Morgan fingerprint density at radius 1 is 1.45 bits per heavy atom. The van der Waals surface area contributed by atoms with Crippen LogP contribution in [0.2, 0.25) is 0 Å². The number of benzene rings is 1. The van der Waals surface area contributed by atoms with E-state index in [0.29, 0.717) is 12.1 Å². The molecular weight excluding hydrogens is 258 g/mol. The third kappa shape index (κ3) is 4.03. The fourth-order valence-electron chi connectivity index (χ4n) is 2.16. The zero-order chi connectivity index (χ0) is 15.1. The van der Waals surface area contributed by atoms with Crippen molar-refractivity contribution < 1.29 is 9.72 Å². The van der Waals surface area contributed by atoms with Gasteiger partial charge in [-0.05, 0) is 6.42 Å². The maximum Gasteiger partial charge on any atom is 0.274 e. The van der Waals surface area contributed by atoms with Gasteiger partial charge in [-0.2, -0.15) is 0 Å². The minimum absolute atomic E-state index is 0.0342. The minimum atomic E-state index is -0.430. The van der Waals surface area contributed by atoms with Crippen LogP contribution in [-0.4, -0.2) is 29.3 Å². The number of hydrogen-bond donors (Lipinski definition) is 1. The van der Waals surface area contributed by atoms with Crippen LogP contribution >= 0.6 is 0 Å². The highest BCUT2D eigenvalue weighted by Gasteiger charge is 2.22. The van der Waals surface area contributed by atoms with E-state index in [-0.39, 0.29) is 24.1 Å². The second-order valence-corrected chi connectivity index (χ2v) is 4.80. The minimum Gasteiger partial charge on any atom is -0.341 e. The maximum atomic E-state index is 12.2. The van der Waals surface area contributed by atoms with E-state index in [1.165, 1.54) is 11.0 Å². The summed E-state index contributed by atoms with van der Waals surface area (Å²) in [5.41, 5.74) is 6.18. The highest BCUT2D eigenvalue weighted by Crippen LogP contribution is 2.20. The van der Waals surface area contributed by atoms with Gasteiger partial charge in [0.25, 0.3) is 5.69 Å². The molecule has 0 bridgehead atoms. The number of carbonyl (C=O) groups is 1. The van der Waals surface area contributed by atoms with Gasteiger partial charge in [-0.25, -0.2) is 0 Å². The highest BCUT2D eigenvalue weighted by molar-refractivity contribution is 5.78. The Balaban J connectivity index is 2.82. The lowest BCUT2D eigenvalue weighted by molar-refractivity contribution is -0.385. The van der Waals surface area contributed by atoms with Crippen LogP contribution in [0.1, 0.15) is 25.3 Å². The van der Waals surface area contributed by atoms with Gasteiger partial charge in [-0.1, -0.05) is 31.5 Å². The van der Waals surface area contributed by atoms with Crippen molar-refractivity contribution in [3.05, 3.63) is 39.9 Å². The molecule has 1 rings (SSSR count). The SMILES string of the molecule is CCCC(CN)C(=O)N(C)Cc1ccccc1[N+](=O)[O-]. The number of nitrogens with zero attached hydrogens (tertiary/aromatic N) is 2. The van der Waals surface area contributed by atoms with Crippen LogP contribution in [0.4, 0.5) is 5.69 Å². The quantitative estimate of drug-likeness (QED) is 0.610. The van der Waals surface area contributed by atoms with Gasteiger partial charge in [0, 0.05) is 25.2 Å². The van der Waals surface area contributed by atoms with Crippen LogP contribution < -0.4 is 5.73 Å². The van der Waals surface area contributed by atoms with Crippen LogP contribution in [0.15, 0.2) is 24.3 Å². The van der Waals surface area contributed by atoms with Crippen molar-refractivity contribution in [1.29, 1.82) is 0 Å². The molecule has 0 radical (unpaired) electrons. The molecule has 1 amide bonds. The summed E-state index contributed by atoms with van der Waals surface area (Å²) < 4.78 is 0. The molecule has 0 aliphatic heterocycles. The van der Waals surface area contributed by atoms with Crippen LogP contribution in [0.3, 0.4) is 0 Å². The first-order chi connectivity index (χ1) is 9.51. The molecule has 2 N–H and O–H groups in total. The molecule has 6 heteroatoms. The maximum absolute atomic E-state index is 12.2.